The summed E-state index contributed by atoms with van der Waals surface area (Å²) < 4.78 is 6.82. The lowest BCUT2D eigenvalue weighted by molar-refractivity contribution is 0.410. The fraction of sp³-hybridized carbons (Fsp3) is 0.111. The Morgan fingerprint density at radius 2 is 2.04 bits per heavy atom. The van der Waals surface area contributed by atoms with Gasteiger partial charge in [-0.2, -0.15) is 0 Å². The summed E-state index contributed by atoms with van der Waals surface area (Å²) in [6.07, 6.45) is 3.19. The Labute approximate surface area is 144 Å². The van der Waals surface area contributed by atoms with Crippen molar-refractivity contribution < 1.29 is 4.74 Å². The molecule has 1 aromatic heterocycles. The molecule has 0 aliphatic rings. The predicted octanol–water partition coefficient (Wildman–Crippen LogP) is 3.51. The second-order valence-electron chi connectivity index (χ2n) is 5.10. The standard InChI is InChI=1S/C18H16ClN3O2/c1-24-16-8-3-2-5-13(16)12-21-17-18(23)22(10-9-20-17)15-7-4-6-14(19)11-15/h2-11H,12H2,1H3,(H,20,21). The smallest absolute Gasteiger partial charge is 0.297 e. The van der Waals surface area contributed by atoms with E-state index in [0.717, 1.165) is 11.3 Å². The second kappa shape index (κ2) is 7.19. The minimum absolute atomic E-state index is 0.241. The van der Waals surface area contributed by atoms with E-state index in [9.17, 15) is 4.79 Å². The molecule has 0 amide bonds. The van der Waals surface area contributed by atoms with E-state index in [1.807, 2.05) is 30.3 Å². The van der Waals surface area contributed by atoms with Gasteiger partial charge in [0, 0.05) is 29.5 Å². The highest BCUT2D eigenvalue weighted by Gasteiger charge is 2.08. The summed E-state index contributed by atoms with van der Waals surface area (Å²) in [6.45, 7) is 0.436. The number of nitrogens with one attached hydrogen (secondary N) is 1. The van der Waals surface area contributed by atoms with Crippen molar-refractivity contribution in [2.45, 2.75) is 6.54 Å². The summed E-state index contributed by atoms with van der Waals surface area (Å²) >= 11 is 6.00. The molecule has 3 aromatic rings. The van der Waals surface area contributed by atoms with Crippen LogP contribution in [0.25, 0.3) is 5.69 Å². The molecular weight excluding hydrogens is 326 g/mol. The van der Waals surface area contributed by atoms with E-state index in [2.05, 4.69) is 10.3 Å². The molecule has 0 spiro atoms. The minimum Gasteiger partial charge on any atom is -0.496 e. The lowest BCUT2D eigenvalue weighted by Crippen LogP contribution is -2.23. The Balaban J connectivity index is 1.88. The summed E-state index contributed by atoms with van der Waals surface area (Å²) in [6, 6.07) is 14.7. The van der Waals surface area contributed by atoms with Crippen molar-refractivity contribution in [1.82, 2.24) is 9.55 Å². The van der Waals surface area contributed by atoms with E-state index in [1.54, 1.807) is 37.7 Å². The van der Waals surface area contributed by atoms with Gasteiger partial charge in [0.05, 0.1) is 12.8 Å². The minimum atomic E-state index is -0.241. The van der Waals surface area contributed by atoms with Crippen molar-refractivity contribution in [2.24, 2.45) is 0 Å². The number of para-hydroxylation sites is 1. The number of hydrogen-bond acceptors (Lipinski definition) is 4. The maximum absolute atomic E-state index is 12.6. The van der Waals surface area contributed by atoms with Crippen molar-refractivity contribution in [1.29, 1.82) is 0 Å². The van der Waals surface area contributed by atoms with Crippen LogP contribution >= 0.6 is 11.6 Å². The number of methoxy groups -OCH3 is 1. The van der Waals surface area contributed by atoms with Crippen LogP contribution in [0.15, 0.2) is 65.7 Å². The zero-order chi connectivity index (χ0) is 16.9. The van der Waals surface area contributed by atoms with Gasteiger partial charge in [-0.25, -0.2) is 4.98 Å². The second-order valence-corrected chi connectivity index (χ2v) is 5.53. The molecule has 0 aliphatic carbocycles. The van der Waals surface area contributed by atoms with E-state index in [0.29, 0.717) is 17.3 Å². The number of nitrogens with zero attached hydrogens (tertiary/aromatic N) is 2. The monoisotopic (exact) mass is 341 g/mol. The van der Waals surface area contributed by atoms with E-state index in [4.69, 9.17) is 16.3 Å². The van der Waals surface area contributed by atoms with Gasteiger partial charge >= 0.3 is 0 Å². The van der Waals surface area contributed by atoms with Crippen molar-refractivity contribution >= 4 is 17.4 Å². The zero-order valence-corrected chi connectivity index (χ0v) is 13.8. The molecule has 122 valence electrons. The molecule has 2 aromatic carbocycles. The molecule has 0 bridgehead atoms. The van der Waals surface area contributed by atoms with Gasteiger partial charge in [0.2, 0.25) is 0 Å². The summed E-state index contributed by atoms with van der Waals surface area (Å²) in [4.78, 5) is 16.8. The molecule has 0 unspecified atom stereocenters. The maximum Gasteiger partial charge on any atom is 0.297 e. The molecule has 0 atom stereocenters. The topological polar surface area (TPSA) is 56.1 Å². The van der Waals surface area contributed by atoms with Crippen LogP contribution in [0, 0.1) is 0 Å². The summed E-state index contributed by atoms with van der Waals surface area (Å²) in [5, 5.41) is 3.64. The van der Waals surface area contributed by atoms with Crippen LogP contribution in [0.3, 0.4) is 0 Å². The third-order valence-corrected chi connectivity index (χ3v) is 3.80. The van der Waals surface area contributed by atoms with Crippen LogP contribution < -0.4 is 15.6 Å². The molecule has 5 nitrogen and oxygen atoms in total. The van der Waals surface area contributed by atoms with Crippen LogP contribution in [0.4, 0.5) is 5.82 Å². The molecular formula is C18H16ClN3O2. The highest BCUT2D eigenvalue weighted by atomic mass is 35.5. The van der Waals surface area contributed by atoms with Crippen molar-refractivity contribution in [3.05, 3.63) is 81.9 Å². The quantitative estimate of drug-likeness (QED) is 0.771. The number of benzene rings is 2. The highest BCUT2D eigenvalue weighted by molar-refractivity contribution is 6.30. The van der Waals surface area contributed by atoms with E-state index in [1.165, 1.54) is 4.57 Å². The first kappa shape index (κ1) is 16.1. The van der Waals surface area contributed by atoms with Gasteiger partial charge < -0.3 is 10.1 Å². The normalized spacial score (nSPS) is 10.4. The molecule has 24 heavy (non-hydrogen) atoms. The van der Waals surface area contributed by atoms with Crippen molar-refractivity contribution in [2.75, 3.05) is 12.4 Å². The molecule has 3 rings (SSSR count). The van der Waals surface area contributed by atoms with Crippen LogP contribution in [0.2, 0.25) is 5.02 Å². The molecule has 0 saturated carbocycles. The van der Waals surface area contributed by atoms with Crippen molar-refractivity contribution in [3.63, 3.8) is 0 Å². The summed E-state index contributed by atoms with van der Waals surface area (Å²) in [5.74, 6) is 1.03. The van der Waals surface area contributed by atoms with Crippen LogP contribution in [-0.2, 0) is 6.54 Å². The number of rotatable bonds is 5. The first-order chi connectivity index (χ1) is 11.7. The molecule has 1 heterocycles. The Morgan fingerprint density at radius 3 is 2.83 bits per heavy atom. The van der Waals surface area contributed by atoms with E-state index >= 15 is 0 Å². The molecule has 0 aliphatic heterocycles. The van der Waals surface area contributed by atoms with Gasteiger partial charge in [0.15, 0.2) is 5.82 Å². The van der Waals surface area contributed by atoms with Crippen LogP contribution in [0.1, 0.15) is 5.56 Å². The summed E-state index contributed by atoms with van der Waals surface area (Å²) in [5.41, 5.74) is 1.39. The van der Waals surface area contributed by atoms with E-state index < -0.39 is 0 Å². The zero-order valence-electron chi connectivity index (χ0n) is 13.1. The predicted molar refractivity (Wildman–Crippen MR) is 95.2 cm³/mol. The average molecular weight is 342 g/mol. The molecule has 0 fully saturated rings. The first-order valence-electron chi connectivity index (χ1n) is 7.38. The lowest BCUT2D eigenvalue weighted by atomic mass is 10.2. The number of halogens is 1. The van der Waals surface area contributed by atoms with E-state index in [-0.39, 0.29) is 11.4 Å². The van der Waals surface area contributed by atoms with Gasteiger partial charge in [0.25, 0.3) is 5.56 Å². The van der Waals surface area contributed by atoms with Crippen LogP contribution in [-0.4, -0.2) is 16.7 Å². The molecule has 6 heteroatoms. The highest BCUT2D eigenvalue weighted by Crippen LogP contribution is 2.18. The molecule has 1 N–H and O–H groups in total. The Bertz CT molecular complexity index is 909. The van der Waals surface area contributed by atoms with Crippen LogP contribution in [0.5, 0.6) is 5.75 Å². The number of hydrogen-bond donors (Lipinski definition) is 1. The Morgan fingerprint density at radius 1 is 1.21 bits per heavy atom. The van der Waals surface area contributed by atoms with Crippen molar-refractivity contribution in [3.8, 4) is 11.4 Å². The Hall–Kier alpha value is -2.79. The fourth-order valence-electron chi connectivity index (χ4n) is 2.39. The van der Waals surface area contributed by atoms with Gasteiger partial charge in [-0.05, 0) is 24.3 Å². The third-order valence-electron chi connectivity index (χ3n) is 3.57. The largest absolute Gasteiger partial charge is 0.496 e. The number of ether oxygens (including phenoxy) is 1. The lowest BCUT2D eigenvalue weighted by Gasteiger charge is -2.11. The van der Waals surface area contributed by atoms with Gasteiger partial charge in [-0.1, -0.05) is 35.9 Å². The van der Waals surface area contributed by atoms with Gasteiger partial charge in [-0.15, -0.1) is 0 Å². The average Bonchev–Trinajstić information content (AvgIpc) is 2.61. The summed E-state index contributed by atoms with van der Waals surface area (Å²) in [7, 11) is 1.62. The number of aromatic nitrogens is 2. The van der Waals surface area contributed by atoms with Gasteiger partial charge in [-0.3, -0.25) is 9.36 Å². The first-order valence-corrected chi connectivity index (χ1v) is 7.76. The third kappa shape index (κ3) is 3.41. The Kier molecular flexibility index (Phi) is 4.82. The SMILES string of the molecule is COc1ccccc1CNc1nccn(-c2cccc(Cl)c2)c1=O. The molecule has 0 saturated heterocycles. The van der Waals surface area contributed by atoms with Gasteiger partial charge in [0.1, 0.15) is 5.75 Å². The molecule has 0 radical (unpaired) electrons. The maximum atomic E-state index is 12.6. The number of anilines is 1. The fourth-order valence-corrected chi connectivity index (χ4v) is 2.57.